The molecule has 1 fully saturated rings. The molecule has 2 rings (SSSR count). The first-order chi connectivity index (χ1) is 9.19. The first-order valence-electron chi connectivity index (χ1n) is 7.98. The zero-order chi connectivity index (χ0) is 13.7. The molecule has 0 radical (unpaired) electrons. The molecule has 0 bridgehead atoms. The lowest BCUT2D eigenvalue weighted by molar-refractivity contribution is 0.348. The second-order valence-corrected chi connectivity index (χ2v) is 6.43. The summed E-state index contributed by atoms with van der Waals surface area (Å²) in [6, 6.07) is 9.75. The third kappa shape index (κ3) is 4.35. The SMILES string of the molecule is CCCNC(Cc1ccc(C)cc1)C1CCC(C)C1. The number of rotatable bonds is 6. The van der Waals surface area contributed by atoms with Gasteiger partial charge in [0.05, 0.1) is 0 Å². The predicted octanol–water partition coefficient (Wildman–Crippen LogP) is 4.34. The van der Waals surface area contributed by atoms with Crippen molar-refractivity contribution >= 4 is 0 Å². The van der Waals surface area contributed by atoms with E-state index in [2.05, 4.69) is 50.4 Å². The Bertz CT molecular complexity index is 368. The van der Waals surface area contributed by atoms with Crippen LogP contribution in [0.3, 0.4) is 0 Å². The van der Waals surface area contributed by atoms with E-state index in [9.17, 15) is 0 Å². The molecule has 0 amide bonds. The van der Waals surface area contributed by atoms with Gasteiger partial charge in [-0.15, -0.1) is 0 Å². The highest BCUT2D eigenvalue weighted by Crippen LogP contribution is 2.33. The average Bonchev–Trinajstić information content (AvgIpc) is 2.83. The van der Waals surface area contributed by atoms with Crippen molar-refractivity contribution in [3.63, 3.8) is 0 Å². The average molecular weight is 259 g/mol. The molecule has 1 aromatic carbocycles. The Kier molecular flexibility index (Phi) is 5.45. The Hall–Kier alpha value is -0.820. The quantitative estimate of drug-likeness (QED) is 0.801. The second kappa shape index (κ2) is 7.09. The number of hydrogen-bond acceptors (Lipinski definition) is 1. The van der Waals surface area contributed by atoms with E-state index >= 15 is 0 Å². The van der Waals surface area contributed by atoms with E-state index in [-0.39, 0.29) is 0 Å². The van der Waals surface area contributed by atoms with Crippen LogP contribution in [0.15, 0.2) is 24.3 Å². The highest BCUT2D eigenvalue weighted by atomic mass is 14.9. The number of aryl methyl sites for hydroxylation is 1. The van der Waals surface area contributed by atoms with Gasteiger partial charge in [-0.3, -0.25) is 0 Å². The summed E-state index contributed by atoms with van der Waals surface area (Å²) < 4.78 is 0. The van der Waals surface area contributed by atoms with Crippen LogP contribution in [0.5, 0.6) is 0 Å². The van der Waals surface area contributed by atoms with Gasteiger partial charge in [-0.1, -0.05) is 50.1 Å². The van der Waals surface area contributed by atoms with Crippen LogP contribution < -0.4 is 5.32 Å². The van der Waals surface area contributed by atoms with Crippen LogP contribution in [-0.2, 0) is 6.42 Å². The standard InChI is InChI=1S/C18H29N/c1-4-11-19-18(17-10-7-15(3)12-17)13-16-8-5-14(2)6-9-16/h5-6,8-9,15,17-19H,4,7,10-13H2,1-3H3. The van der Waals surface area contributed by atoms with Gasteiger partial charge in [0, 0.05) is 6.04 Å². The summed E-state index contributed by atoms with van der Waals surface area (Å²) in [6.45, 7) is 7.98. The minimum absolute atomic E-state index is 0.674. The molecule has 1 heteroatoms. The molecular formula is C18H29N. The molecule has 3 atom stereocenters. The highest BCUT2D eigenvalue weighted by Gasteiger charge is 2.28. The van der Waals surface area contributed by atoms with Crippen LogP contribution in [0.1, 0.15) is 50.7 Å². The largest absolute Gasteiger partial charge is 0.313 e. The maximum Gasteiger partial charge on any atom is 0.0136 e. The Morgan fingerprint density at radius 1 is 1.21 bits per heavy atom. The number of benzene rings is 1. The number of nitrogens with one attached hydrogen (secondary N) is 1. The van der Waals surface area contributed by atoms with Gasteiger partial charge in [-0.25, -0.2) is 0 Å². The number of hydrogen-bond donors (Lipinski definition) is 1. The summed E-state index contributed by atoms with van der Waals surface area (Å²) in [5.74, 6) is 1.80. The molecule has 0 aliphatic heterocycles. The Balaban J connectivity index is 1.98. The van der Waals surface area contributed by atoms with Gasteiger partial charge in [0.2, 0.25) is 0 Å². The van der Waals surface area contributed by atoms with Crippen LogP contribution in [0.4, 0.5) is 0 Å². The van der Waals surface area contributed by atoms with Gasteiger partial charge in [0.1, 0.15) is 0 Å². The van der Waals surface area contributed by atoms with E-state index in [1.807, 2.05) is 0 Å². The lowest BCUT2D eigenvalue weighted by Crippen LogP contribution is -2.37. The summed E-state index contributed by atoms with van der Waals surface area (Å²) in [6.07, 6.45) is 6.66. The van der Waals surface area contributed by atoms with Crippen molar-refractivity contribution in [2.24, 2.45) is 11.8 Å². The van der Waals surface area contributed by atoms with Crippen LogP contribution in [0.2, 0.25) is 0 Å². The lowest BCUT2D eigenvalue weighted by Gasteiger charge is -2.25. The second-order valence-electron chi connectivity index (χ2n) is 6.43. The monoisotopic (exact) mass is 259 g/mol. The molecule has 0 aromatic heterocycles. The molecule has 1 aliphatic carbocycles. The van der Waals surface area contributed by atoms with E-state index in [4.69, 9.17) is 0 Å². The fraction of sp³-hybridized carbons (Fsp3) is 0.667. The van der Waals surface area contributed by atoms with E-state index in [1.54, 1.807) is 0 Å². The minimum Gasteiger partial charge on any atom is -0.313 e. The van der Waals surface area contributed by atoms with Crippen molar-refractivity contribution < 1.29 is 0 Å². The zero-order valence-corrected chi connectivity index (χ0v) is 12.8. The van der Waals surface area contributed by atoms with Gasteiger partial charge in [0.15, 0.2) is 0 Å². The van der Waals surface area contributed by atoms with Crippen LogP contribution >= 0.6 is 0 Å². The highest BCUT2D eigenvalue weighted by molar-refractivity contribution is 5.22. The maximum atomic E-state index is 3.80. The smallest absolute Gasteiger partial charge is 0.0136 e. The maximum absolute atomic E-state index is 3.80. The normalized spacial score (nSPS) is 24.6. The van der Waals surface area contributed by atoms with Crippen molar-refractivity contribution in [1.82, 2.24) is 5.32 Å². The van der Waals surface area contributed by atoms with Crippen molar-refractivity contribution in [2.45, 2.75) is 58.9 Å². The van der Waals surface area contributed by atoms with Gasteiger partial charge >= 0.3 is 0 Å². The van der Waals surface area contributed by atoms with Crippen LogP contribution in [-0.4, -0.2) is 12.6 Å². The molecule has 3 unspecified atom stereocenters. The molecule has 0 spiro atoms. The van der Waals surface area contributed by atoms with Crippen LogP contribution in [0, 0.1) is 18.8 Å². The molecule has 1 aromatic rings. The Morgan fingerprint density at radius 3 is 2.53 bits per heavy atom. The molecule has 1 nitrogen and oxygen atoms in total. The van der Waals surface area contributed by atoms with E-state index in [1.165, 1.54) is 43.2 Å². The summed E-state index contributed by atoms with van der Waals surface area (Å²) in [7, 11) is 0. The van der Waals surface area contributed by atoms with Crippen LogP contribution in [0.25, 0.3) is 0 Å². The third-order valence-electron chi connectivity index (χ3n) is 4.54. The van der Waals surface area contributed by atoms with Gasteiger partial charge in [-0.2, -0.15) is 0 Å². The molecule has 0 saturated heterocycles. The van der Waals surface area contributed by atoms with Gasteiger partial charge in [0.25, 0.3) is 0 Å². The molecule has 1 aliphatic rings. The summed E-state index contributed by atoms with van der Waals surface area (Å²) >= 11 is 0. The fourth-order valence-corrected chi connectivity index (χ4v) is 3.33. The molecule has 19 heavy (non-hydrogen) atoms. The van der Waals surface area contributed by atoms with Crippen molar-refractivity contribution in [3.05, 3.63) is 35.4 Å². The summed E-state index contributed by atoms with van der Waals surface area (Å²) in [5, 5.41) is 3.80. The lowest BCUT2D eigenvalue weighted by atomic mass is 9.91. The Labute approximate surface area is 118 Å². The fourth-order valence-electron chi connectivity index (χ4n) is 3.33. The van der Waals surface area contributed by atoms with E-state index in [0.29, 0.717) is 6.04 Å². The molecule has 1 N–H and O–H groups in total. The van der Waals surface area contributed by atoms with E-state index < -0.39 is 0 Å². The van der Waals surface area contributed by atoms with Gasteiger partial charge in [-0.05, 0) is 56.6 Å². The molecule has 106 valence electrons. The molecular weight excluding hydrogens is 230 g/mol. The zero-order valence-electron chi connectivity index (χ0n) is 12.8. The van der Waals surface area contributed by atoms with E-state index in [0.717, 1.165) is 18.4 Å². The molecule has 0 heterocycles. The Morgan fingerprint density at radius 2 is 1.95 bits per heavy atom. The third-order valence-corrected chi connectivity index (χ3v) is 4.54. The van der Waals surface area contributed by atoms with Crippen molar-refractivity contribution in [3.8, 4) is 0 Å². The first-order valence-corrected chi connectivity index (χ1v) is 7.98. The predicted molar refractivity (Wildman–Crippen MR) is 83.5 cm³/mol. The van der Waals surface area contributed by atoms with Crippen molar-refractivity contribution in [2.75, 3.05) is 6.54 Å². The van der Waals surface area contributed by atoms with Gasteiger partial charge < -0.3 is 5.32 Å². The summed E-state index contributed by atoms with van der Waals surface area (Å²) in [4.78, 5) is 0. The topological polar surface area (TPSA) is 12.0 Å². The van der Waals surface area contributed by atoms with Crippen molar-refractivity contribution in [1.29, 1.82) is 0 Å². The first kappa shape index (κ1) is 14.6. The summed E-state index contributed by atoms with van der Waals surface area (Å²) in [5.41, 5.74) is 2.84. The minimum atomic E-state index is 0.674. The molecule has 1 saturated carbocycles.